The lowest BCUT2D eigenvalue weighted by atomic mass is 10.0. The van der Waals surface area contributed by atoms with Crippen molar-refractivity contribution >= 4 is 17.7 Å². The van der Waals surface area contributed by atoms with Crippen LogP contribution in [0.3, 0.4) is 0 Å². The number of piperazine rings is 1. The summed E-state index contributed by atoms with van der Waals surface area (Å²) in [4.78, 5) is 45.8. The lowest BCUT2D eigenvalue weighted by molar-refractivity contribution is -0.141. The van der Waals surface area contributed by atoms with Crippen molar-refractivity contribution in [3.05, 3.63) is 34.9 Å². The summed E-state index contributed by atoms with van der Waals surface area (Å²) < 4.78 is 0. The maximum atomic E-state index is 13.4. The van der Waals surface area contributed by atoms with Gasteiger partial charge in [-0.3, -0.25) is 19.3 Å². The van der Waals surface area contributed by atoms with E-state index in [1.165, 1.54) is 0 Å². The molecule has 4 aliphatic rings. The van der Waals surface area contributed by atoms with E-state index in [4.69, 9.17) is 5.73 Å². The van der Waals surface area contributed by atoms with Gasteiger partial charge in [-0.1, -0.05) is 6.07 Å². The number of carbonyl (C=O) groups excluding carboxylic acids is 3. The van der Waals surface area contributed by atoms with Gasteiger partial charge in [-0.05, 0) is 55.4 Å². The molecule has 2 bridgehead atoms. The van der Waals surface area contributed by atoms with Crippen LogP contribution in [0.15, 0.2) is 18.2 Å². The number of hydrogen-bond donors (Lipinski definition) is 1. The van der Waals surface area contributed by atoms with E-state index in [0.717, 1.165) is 36.8 Å². The van der Waals surface area contributed by atoms with Crippen LogP contribution >= 0.6 is 0 Å². The average molecular weight is 465 g/mol. The first-order valence-electron chi connectivity index (χ1n) is 12.2. The SMILES string of the molecule is CN(C)C(=O)c1ccc2c(c1)CC[C@H]2N1C(=O)[C@@H]2CC1CN2C[C@H](N)C(=O)N1CCC[C@H]1C#N. The highest BCUT2D eigenvalue weighted by molar-refractivity contribution is 5.94. The number of nitrogens with two attached hydrogens (primary N) is 1. The third-order valence-electron chi connectivity index (χ3n) is 7.93. The standard InChI is InChI=1S/C25H32N6O3/c1-28(2)23(32)16-5-7-19-15(10-16)6-8-21(19)31-18-11-22(25(31)34)29(13-18)14-20(27)24(33)30-9-3-4-17(30)12-26/h5,7,10,17-18,20-22H,3-4,6,8-9,11,13-14,27H2,1-2H3/t17-,18?,20-,21+,22-/m0/s1. The normalized spacial score (nSPS) is 28.8. The molecule has 0 radical (unpaired) electrons. The van der Waals surface area contributed by atoms with Crippen molar-refractivity contribution in [2.45, 2.75) is 62.3 Å². The Bertz CT molecular complexity index is 1070. The Balaban J connectivity index is 1.25. The molecule has 34 heavy (non-hydrogen) atoms. The van der Waals surface area contributed by atoms with Gasteiger partial charge in [-0.2, -0.15) is 5.26 Å². The van der Waals surface area contributed by atoms with E-state index in [2.05, 4.69) is 11.0 Å². The molecule has 1 aliphatic carbocycles. The number of benzene rings is 1. The van der Waals surface area contributed by atoms with Crippen molar-refractivity contribution in [2.75, 3.05) is 33.7 Å². The van der Waals surface area contributed by atoms with Crippen molar-refractivity contribution in [1.82, 2.24) is 19.6 Å². The minimum atomic E-state index is -0.727. The molecule has 3 amide bonds. The summed E-state index contributed by atoms with van der Waals surface area (Å²) in [5.41, 5.74) is 9.23. The molecule has 9 nitrogen and oxygen atoms in total. The number of fused-ring (bicyclic) bond motifs is 3. The Kier molecular flexibility index (Phi) is 5.82. The van der Waals surface area contributed by atoms with Crippen molar-refractivity contribution in [1.29, 1.82) is 5.26 Å². The predicted octanol–water partition coefficient (Wildman–Crippen LogP) is 0.503. The van der Waals surface area contributed by atoms with E-state index >= 15 is 0 Å². The van der Waals surface area contributed by atoms with Crippen LogP contribution in [0, 0.1) is 11.3 Å². The molecule has 0 saturated carbocycles. The molecule has 0 spiro atoms. The van der Waals surface area contributed by atoms with Gasteiger partial charge >= 0.3 is 0 Å². The second-order valence-corrected chi connectivity index (χ2v) is 10.2. The zero-order valence-electron chi connectivity index (χ0n) is 19.8. The molecule has 9 heteroatoms. The molecule has 180 valence electrons. The molecular weight excluding hydrogens is 432 g/mol. The Morgan fingerprint density at radius 2 is 2.06 bits per heavy atom. The van der Waals surface area contributed by atoms with Gasteiger partial charge in [0.05, 0.1) is 24.2 Å². The van der Waals surface area contributed by atoms with Gasteiger partial charge in [0.15, 0.2) is 0 Å². The second-order valence-electron chi connectivity index (χ2n) is 10.2. The summed E-state index contributed by atoms with van der Waals surface area (Å²) in [5.74, 6) is -0.0960. The number of hydrogen-bond acceptors (Lipinski definition) is 6. The molecule has 1 aromatic rings. The fourth-order valence-corrected chi connectivity index (χ4v) is 6.28. The molecule has 3 heterocycles. The number of likely N-dealkylation sites (tertiary alicyclic amines) is 3. The van der Waals surface area contributed by atoms with Crippen LogP contribution in [0.1, 0.15) is 53.2 Å². The lowest BCUT2D eigenvalue weighted by Gasteiger charge is -2.38. The van der Waals surface area contributed by atoms with E-state index < -0.39 is 6.04 Å². The van der Waals surface area contributed by atoms with Crippen LogP contribution in [0.4, 0.5) is 0 Å². The zero-order valence-corrected chi connectivity index (χ0v) is 19.8. The smallest absolute Gasteiger partial charge is 0.253 e. The first-order chi connectivity index (χ1) is 16.3. The van der Waals surface area contributed by atoms with E-state index in [1.807, 2.05) is 23.1 Å². The molecule has 3 aliphatic heterocycles. The van der Waals surface area contributed by atoms with Gasteiger partial charge in [-0.15, -0.1) is 0 Å². The second kappa shape index (κ2) is 8.67. The maximum Gasteiger partial charge on any atom is 0.253 e. The third-order valence-corrected chi connectivity index (χ3v) is 7.93. The summed E-state index contributed by atoms with van der Waals surface area (Å²) >= 11 is 0. The summed E-state index contributed by atoms with van der Waals surface area (Å²) in [5, 5.41) is 9.28. The number of nitriles is 1. The molecule has 2 N–H and O–H groups in total. The van der Waals surface area contributed by atoms with E-state index in [1.54, 1.807) is 23.9 Å². The Hall–Kier alpha value is -2.96. The van der Waals surface area contributed by atoms with Crippen LogP contribution in [-0.2, 0) is 16.0 Å². The molecule has 1 aromatic carbocycles. The highest BCUT2D eigenvalue weighted by Gasteiger charge is 2.53. The number of amides is 3. The fraction of sp³-hybridized carbons (Fsp3) is 0.600. The van der Waals surface area contributed by atoms with Crippen molar-refractivity contribution < 1.29 is 14.4 Å². The minimum absolute atomic E-state index is 0.0147. The Morgan fingerprint density at radius 3 is 2.76 bits per heavy atom. The quantitative estimate of drug-likeness (QED) is 0.679. The van der Waals surface area contributed by atoms with Crippen LogP contribution in [0.25, 0.3) is 0 Å². The van der Waals surface area contributed by atoms with Crippen LogP contribution < -0.4 is 5.73 Å². The van der Waals surface area contributed by atoms with Crippen LogP contribution in [0.2, 0.25) is 0 Å². The number of nitrogens with zero attached hydrogens (tertiary/aromatic N) is 5. The molecule has 5 rings (SSSR count). The van der Waals surface area contributed by atoms with Gasteiger partial charge < -0.3 is 20.4 Å². The summed E-state index contributed by atoms with van der Waals surface area (Å²) in [7, 11) is 3.49. The first kappa shape index (κ1) is 22.8. The first-order valence-corrected chi connectivity index (χ1v) is 12.2. The van der Waals surface area contributed by atoms with Crippen LogP contribution in [-0.4, -0.2) is 95.2 Å². The Morgan fingerprint density at radius 1 is 1.26 bits per heavy atom. The topological polar surface area (TPSA) is 114 Å². The highest BCUT2D eigenvalue weighted by atomic mass is 16.2. The lowest BCUT2D eigenvalue weighted by Crippen LogP contribution is -2.56. The minimum Gasteiger partial charge on any atom is -0.345 e. The van der Waals surface area contributed by atoms with Gasteiger partial charge in [-0.25, -0.2) is 0 Å². The van der Waals surface area contributed by atoms with Crippen molar-refractivity contribution in [3.63, 3.8) is 0 Å². The van der Waals surface area contributed by atoms with Gasteiger partial charge in [0.2, 0.25) is 11.8 Å². The molecule has 1 unspecified atom stereocenters. The summed E-state index contributed by atoms with van der Waals surface area (Å²) in [6.45, 7) is 1.63. The van der Waals surface area contributed by atoms with Crippen molar-refractivity contribution in [2.24, 2.45) is 5.73 Å². The van der Waals surface area contributed by atoms with E-state index in [-0.39, 0.29) is 41.9 Å². The number of carbonyl (C=O) groups is 3. The van der Waals surface area contributed by atoms with Crippen molar-refractivity contribution in [3.8, 4) is 6.07 Å². The zero-order chi connectivity index (χ0) is 24.1. The molecule has 3 saturated heterocycles. The number of aryl methyl sites for hydroxylation is 1. The summed E-state index contributed by atoms with van der Waals surface area (Å²) in [6.07, 6.45) is 4.01. The maximum absolute atomic E-state index is 13.4. The average Bonchev–Trinajstić information content (AvgIpc) is 3.60. The number of rotatable bonds is 5. The van der Waals surface area contributed by atoms with E-state index in [9.17, 15) is 19.6 Å². The molecule has 5 atom stereocenters. The van der Waals surface area contributed by atoms with Crippen LogP contribution in [0.5, 0.6) is 0 Å². The fourth-order valence-electron chi connectivity index (χ4n) is 6.28. The van der Waals surface area contributed by atoms with Gasteiger partial charge in [0.25, 0.3) is 5.91 Å². The third kappa shape index (κ3) is 3.65. The van der Waals surface area contributed by atoms with Gasteiger partial charge in [0.1, 0.15) is 6.04 Å². The predicted molar refractivity (Wildman–Crippen MR) is 124 cm³/mol. The largest absolute Gasteiger partial charge is 0.345 e. The molecular formula is C25H32N6O3. The van der Waals surface area contributed by atoms with Gasteiger partial charge in [0, 0.05) is 45.3 Å². The molecule has 3 fully saturated rings. The molecule has 0 aromatic heterocycles. The summed E-state index contributed by atoms with van der Waals surface area (Å²) in [6, 6.07) is 6.83. The monoisotopic (exact) mass is 464 g/mol. The van der Waals surface area contributed by atoms with E-state index in [0.29, 0.717) is 31.6 Å². The Labute approximate surface area is 200 Å². The highest BCUT2D eigenvalue weighted by Crippen LogP contribution is 2.44.